The molecule has 4 nitrogen and oxygen atoms in total. The van der Waals surface area contributed by atoms with Crippen LogP contribution >= 0.6 is 0 Å². The highest BCUT2D eigenvalue weighted by molar-refractivity contribution is 5.91. The van der Waals surface area contributed by atoms with Crippen LogP contribution in [-0.2, 0) is 16.1 Å². The molecule has 1 aliphatic rings. The van der Waals surface area contributed by atoms with Crippen LogP contribution in [0.2, 0.25) is 0 Å². The summed E-state index contributed by atoms with van der Waals surface area (Å²) in [5.74, 6) is 0.0383. The molecule has 1 unspecified atom stereocenters. The SMILES string of the molecule is CCNCc1ccc(NC(=O)CC2CCCCO2)cc1. The van der Waals surface area contributed by atoms with Crippen LogP contribution in [0.5, 0.6) is 0 Å². The van der Waals surface area contributed by atoms with Crippen molar-refractivity contribution in [2.75, 3.05) is 18.5 Å². The molecule has 1 atom stereocenters. The fraction of sp³-hybridized carbons (Fsp3) is 0.562. The standard InChI is InChI=1S/C16H24N2O2/c1-2-17-12-13-6-8-14(9-7-13)18-16(19)11-15-5-3-4-10-20-15/h6-9,15,17H,2-5,10-12H2,1H3,(H,18,19). The number of amides is 1. The van der Waals surface area contributed by atoms with Gasteiger partial charge in [-0.3, -0.25) is 4.79 Å². The molecule has 4 heteroatoms. The van der Waals surface area contributed by atoms with E-state index in [1.165, 1.54) is 5.56 Å². The minimum Gasteiger partial charge on any atom is -0.378 e. The maximum atomic E-state index is 11.9. The van der Waals surface area contributed by atoms with Gasteiger partial charge in [0.25, 0.3) is 0 Å². The van der Waals surface area contributed by atoms with Crippen molar-refractivity contribution in [2.24, 2.45) is 0 Å². The zero-order chi connectivity index (χ0) is 14.2. The quantitative estimate of drug-likeness (QED) is 0.840. The van der Waals surface area contributed by atoms with Gasteiger partial charge in [-0.15, -0.1) is 0 Å². The zero-order valence-corrected chi connectivity index (χ0v) is 12.2. The smallest absolute Gasteiger partial charge is 0.226 e. The molecular formula is C16H24N2O2. The molecule has 1 aromatic carbocycles. The Labute approximate surface area is 120 Å². The van der Waals surface area contributed by atoms with Crippen molar-refractivity contribution in [1.29, 1.82) is 0 Å². The van der Waals surface area contributed by atoms with Crippen molar-refractivity contribution in [3.05, 3.63) is 29.8 Å². The largest absolute Gasteiger partial charge is 0.378 e. The molecule has 2 rings (SSSR count). The van der Waals surface area contributed by atoms with E-state index in [0.717, 1.165) is 44.6 Å². The van der Waals surface area contributed by atoms with Gasteiger partial charge in [-0.25, -0.2) is 0 Å². The van der Waals surface area contributed by atoms with E-state index in [1.54, 1.807) is 0 Å². The highest BCUT2D eigenvalue weighted by Crippen LogP contribution is 2.17. The molecule has 0 aromatic heterocycles. The molecule has 0 radical (unpaired) electrons. The molecule has 0 saturated carbocycles. The Morgan fingerprint density at radius 3 is 2.75 bits per heavy atom. The van der Waals surface area contributed by atoms with Gasteiger partial charge in [0.1, 0.15) is 0 Å². The molecule has 0 aliphatic carbocycles. The molecule has 20 heavy (non-hydrogen) atoms. The Kier molecular flexibility index (Phi) is 6.02. The van der Waals surface area contributed by atoms with Gasteiger partial charge in [-0.05, 0) is 43.5 Å². The summed E-state index contributed by atoms with van der Waals surface area (Å²) in [6.07, 6.45) is 3.83. The Hall–Kier alpha value is -1.39. The summed E-state index contributed by atoms with van der Waals surface area (Å²) in [7, 11) is 0. The first-order chi connectivity index (χ1) is 9.78. The van der Waals surface area contributed by atoms with Crippen molar-refractivity contribution < 1.29 is 9.53 Å². The first kappa shape index (κ1) is 15.0. The molecule has 1 fully saturated rings. The molecule has 1 amide bonds. The van der Waals surface area contributed by atoms with Gasteiger partial charge in [0.15, 0.2) is 0 Å². The fourth-order valence-corrected chi connectivity index (χ4v) is 2.36. The van der Waals surface area contributed by atoms with Gasteiger partial charge >= 0.3 is 0 Å². The van der Waals surface area contributed by atoms with Crippen LogP contribution in [-0.4, -0.2) is 25.2 Å². The van der Waals surface area contributed by atoms with Crippen LogP contribution in [0, 0.1) is 0 Å². The van der Waals surface area contributed by atoms with Gasteiger partial charge < -0.3 is 15.4 Å². The highest BCUT2D eigenvalue weighted by atomic mass is 16.5. The molecule has 110 valence electrons. The molecule has 0 bridgehead atoms. The Morgan fingerprint density at radius 1 is 1.30 bits per heavy atom. The first-order valence-corrected chi connectivity index (χ1v) is 7.49. The van der Waals surface area contributed by atoms with Crippen LogP contribution in [0.1, 0.15) is 38.2 Å². The number of carbonyl (C=O) groups excluding carboxylic acids is 1. The highest BCUT2D eigenvalue weighted by Gasteiger charge is 2.17. The minimum absolute atomic E-state index is 0.0383. The van der Waals surface area contributed by atoms with Gasteiger partial charge in [-0.2, -0.15) is 0 Å². The van der Waals surface area contributed by atoms with E-state index in [-0.39, 0.29) is 12.0 Å². The summed E-state index contributed by atoms with van der Waals surface area (Å²) >= 11 is 0. The first-order valence-electron chi connectivity index (χ1n) is 7.49. The molecule has 2 N–H and O–H groups in total. The number of hydrogen-bond acceptors (Lipinski definition) is 3. The predicted molar refractivity (Wildman–Crippen MR) is 80.7 cm³/mol. The number of anilines is 1. The van der Waals surface area contributed by atoms with Crippen molar-refractivity contribution in [3.8, 4) is 0 Å². The zero-order valence-electron chi connectivity index (χ0n) is 12.2. The van der Waals surface area contributed by atoms with Crippen molar-refractivity contribution in [2.45, 2.75) is 45.3 Å². The average Bonchev–Trinajstić information content (AvgIpc) is 2.47. The second-order valence-electron chi connectivity index (χ2n) is 5.22. The molecule has 0 spiro atoms. The third-order valence-corrected chi connectivity index (χ3v) is 3.50. The lowest BCUT2D eigenvalue weighted by Gasteiger charge is -2.21. The van der Waals surface area contributed by atoms with Crippen LogP contribution in [0.25, 0.3) is 0 Å². The third kappa shape index (κ3) is 4.94. The Bertz CT molecular complexity index is 411. The molecule has 1 aliphatic heterocycles. The maximum Gasteiger partial charge on any atom is 0.226 e. The number of rotatable bonds is 6. The minimum atomic E-state index is 0.0383. The number of hydrogen-bond donors (Lipinski definition) is 2. The van der Waals surface area contributed by atoms with Gasteiger partial charge in [0, 0.05) is 18.8 Å². The van der Waals surface area contributed by atoms with Crippen molar-refractivity contribution >= 4 is 11.6 Å². The summed E-state index contributed by atoms with van der Waals surface area (Å²) < 4.78 is 5.58. The second-order valence-corrected chi connectivity index (χ2v) is 5.22. The third-order valence-electron chi connectivity index (χ3n) is 3.50. The van der Waals surface area contributed by atoms with E-state index >= 15 is 0 Å². The average molecular weight is 276 g/mol. The van der Waals surface area contributed by atoms with Gasteiger partial charge in [-0.1, -0.05) is 19.1 Å². The summed E-state index contributed by atoms with van der Waals surface area (Å²) in [5.41, 5.74) is 2.08. The van der Waals surface area contributed by atoms with Crippen molar-refractivity contribution in [3.63, 3.8) is 0 Å². The predicted octanol–water partition coefficient (Wildman–Crippen LogP) is 2.69. The number of nitrogens with one attached hydrogen (secondary N) is 2. The second kappa shape index (κ2) is 8.02. The van der Waals surface area contributed by atoms with E-state index in [9.17, 15) is 4.79 Å². The monoisotopic (exact) mass is 276 g/mol. The molecule has 1 heterocycles. The molecule has 1 aromatic rings. The van der Waals surface area contributed by atoms with E-state index in [2.05, 4.69) is 17.6 Å². The lowest BCUT2D eigenvalue weighted by atomic mass is 10.1. The van der Waals surface area contributed by atoms with Crippen LogP contribution in [0.15, 0.2) is 24.3 Å². The number of benzene rings is 1. The number of carbonyl (C=O) groups is 1. The van der Waals surface area contributed by atoms with E-state index < -0.39 is 0 Å². The van der Waals surface area contributed by atoms with Gasteiger partial charge in [0.2, 0.25) is 5.91 Å². The normalized spacial score (nSPS) is 18.8. The van der Waals surface area contributed by atoms with Crippen LogP contribution in [0.3, 0.4) is 0 Å². The van der Waals surface area contributed by atoms with Gasteiger partial charge in [0.05, 0.1) is 12.5 Å². The fourth-order valence-electron chi connectivity index (χ4n) is 2.36. The summed E-state index contributed by atoms with van der Waals surface area (Å²) in [4.78, 5) is 11.9. The van der Waals surface area contributed by atoms with Crippen molar-refractivity contribution in [1.82, 2.24) is 5.32 Å². The van der Waals surface area contributed by atoms with Crippen LogP contribution < -0.4 is 10.6 Å². The van der Waals surface area contributed by atoms with E-state index in [0.29, 0.717) is 6.42 Å². The molecule has 1 saturated heterocycles. The van der Waals surface area contributed by atoms with E-state index in [4.69, 9.17) is 4.74 Å². The number of ether oxygens (including phenoxy) is 1. The summed E-state index contributed by atoms with van der Waals surface area (Å²) in [6, 6.07) is 7.98. The molecular weight excluding hydrogens is 252 g/mol. The lowest BCUT2D eigenvalue weighted by Crippen LogP contribution is -2.25. The topological polar surface area (TPSA) is 50.4 Å². The maximum absolute atomic E-state index is 11.9. The summed E-state index contributed by atoms with van der Waals surface area (Å²) in [6.45, 7) is 4.69. The Balaban J connectivity index is 1.78. The van der Waals surface area contributed by atoms with Crippen LogP contribution in [0.4, 0.5) is 5.69 Å². The Morgan fingerprint density at radius 2 is 2.10 bits per heavy atom. The summed E-state index contributed by atoms with van der Waals surface area (Å²) in [5, 5.41) is 6.21. The lowest BCUT2D eigenvalue weighted by molar-refractivity contribution is -0.119. The van der Waals surface area contributed by atoms with E-state index in [1.807, 2.05) is 24.3 Å².